The van der Waals surface area contributed by atoms with Crippen LogP contribution in [0.3, 0.4) is 0 Å². The van der Waals surface area contributed by atoms with Crippen molar-refractivity contribution >= 4 is 27.5 Å². The second-order valence-corrected chi connectivity index (χ2v) is 5.83. The molecule has 5 heteroatoms. The first kappa shape index (κ1) is 11.5. The van der Waals surface area contributed by atoms with Crippen molar-refractivity contribution in [2.75, 3.05) is 0 Å². The van der Waals surface area contributed by atoms with Crippen molar-refractivity contribution in [2.45, 2.75) is 13.3 Å². The van der Waals surface area contributed by atoms with Gasteiger partial charge >= 0.3 is 0 Å². The normalized spacial score (nSPS) is 23.3. The maximum absolute atomic E-state index is 11.7. The molecule has 2 atom stereocenters. The van der Waals surface area contributed by atoms with E-state index in [0.717, 1.165) is 16.7 Å². The summed E-state index contributed by atoms with van der Waals surface area (Å²) in [5, 5.41) is 4.22. The van der Waals surface area contributed by atoms with E-state index in [9.17, 15) is 4.79 Å². The molecule has 4 nitrogen and oxygen atoms in total. The number of aromatic nitrogens is 1. The van der Waals surface area contributed by atoms with Gasteiger partial charge in [0.1, 0.15) is 0 Å². The smallest absolute Gasteiger partial charge is 0.243 e. The zero-order valence-electron chi connectivity index (χ0n) is 10.4. The first-order valence-corrected chi connectivity index (χ1v) is 6.86. The number of nitrogens with zero attached hydrogens (tertiary/aromatic N) is 2. The topological polar surface area (TPSA) is 46.4 Å². The first-order chi connectivity index (χ1) is 8.66. The fraction of sp³-hybridized carbons (Fsp3) is 0.385. The minimum absolute atomic E-state index is 0.0416. The second-order valence-electron chi connectivity index (χ2n) is 4.82. The molecule has 1 N–H and O–H groups in total. The van der Waals surface area contributed by atoms with Crippen LogP contribution in [0.5, 0.6) is 0 Å². The van der Waals surface area contributed by atoms with E-state index in [1.165, 1.54) is 4.70 Å². The molecule has 0 saturated heterocycles. The van der Waals surface area contributed by atoms with Crippen LogP contribution in [0, 0.1) is 11.8 Å². The molecule has 0 aliphatic heterocycles. The molecule has 0 radical (unpaired) electrons. The van der Waals surface area contributed by atoms with Crippen LogP contribution < -0.4 is 10.2 Å². The minimum atomic E-state index is 0.0416. The van der Waals surface area contributed by atoms with E-state index in [-0.39, 0.29) is 11.8 Å². The Bertz CT molecular complexity index is 670. The Hall–Kier alpha value is -1.62. The molecule has 3 rings (SSSR count). The number of para-hydroxylation sites is 1. The van der Waals surface area contributed by atoms with Crippen molar-refractivity contribution in [3.05, 3.63) is 29.1 Å². The first-order valence-electron chi connectivity index (χ1n) is 6.05. The monoisotopic (exact) mass is 261 g/mol. The fourth-order valence-corrected chi connectivity index (χ4v) is 3.04. The summed E-state index contributed by atoms with van der Waals surface area (Å²) in [4.78, 5) is 12.5. The predicted molar refractivity (Wildman–Crippen MR) is 71.8 cm³/mol. The van der Waals surface area contributed by atoms with Gasteiger partial charge in [0.2, 0.25) is 10.7 Å². The average molecular weight is 261 g/mol. The van der Waals surface area contributed by atoms with Crippen molar-refractivity contribution in [3.8, 4) is 0 Å². The highest BCUT2D eigenvalue weighted by Gasteiger charge is 2.39. The molecule has 1 heterocycles. The summed E-state index contributed by atoms with van der Waals surface area (Å²) in [5.41, 5.74) is 3.80. The van der Waals surface area contributed by atoms with Gasteiger partial charge in [0.05, 0.1) is 10.2 Å². The quantitative estimate of drug-likeness (QED) is 0.824. The van der Waals surface area contributed by atoms with E-state index < -0.39 is 0 Å². The molecule has 1 aromatic heterocycles. The van der Waals surface area contributed by atoms with Crippen molar-refractivity contribution in [2.24, 2.45) is 24.0 Å². The minimum Gasteiger partial charge on any atom is -0.318 e. The largest absolute Gasteiger partial charge is 0.318 e. The number of carbonyl (C=O) groups excluding carboxylic acids is 1. The highest BCUT2D eigenvalue weighted by Crippen LogP contribution is 2.37. The van der Waals surface area contributed by atoms with Gasteiger partial charge in [-0.05, 0) is 24.5 Å². The van der Waals surface area contributed by atoms with E-state index >= 15 is 0 Å². The Labute approximate surface area is 109 Å². The number of fused-ring (bicyclic) bond motifs is 1. The molecule has 1 aromatic carbocycles. The summed E-state index contributed by atoms with van der Waals surface area (Å²) in [6.07, 6.45) is 0.986. The summed E-state index contributed by atoms with van der Waals surface area (Å²) < 4.78 is 3.17. The molecular formula is C13H15N3OS. The van der Waals surface area contributed by atoms with Gasteiger partial charge in [0, 0.05) is 13.0 Å². The number of amides is 1. The molecule has 2 unspecified atom stereocenters. The molecule has 1 aliphatic rings. The molecule has 1 saturated carbocycles. The Morgan fingerprint density at radius 3 is 2.89 bits per heavy atom. The van der Waals surface area contributed by atoms with Crippen LogP contribution >= 0.6 is 11.3 Å². The summed E-state index contributed by atoms with van der Waals surface area (Å²) in [7, 11) is 1.96. The number of aryl methyl sites for hydroxylation is 1. The number of benzene rings is 1. The van der Waals surface area contributed by atoms with E-state index in [2.05, 4.69) is 29.6 Å². The molecular weight excluding hydrogens is 246 g/mol. The van der Waals surface area contributed by atoms with E-state index in [4.69, 9.17) is 0 Å². The standard InChI is InChI=1S/C13H15N3OS/c1-8-7-9(8)12(17)14-15-13-16(2)10-5-3-4-6-11(10)18-13/h3-6,8-9H,7H2,1-2H3,(H,14,17)/b15-13+. The molecule has 18 heavy (non-hydrogen) atoms. The Balaban J connectivity index is 1.89. The lowest BCUT2D eigenvalue weighted by molar-refractivity contribution is -0.122. The van der Waals surface area contributed by atoms with Gasteiger partial charge in [-0.3, -0.25) is 4.79 Å². The van der Waals surface area contributed by atoms with Crippen molar-refractivity contribution in [3.63, 3.8) is 0 Å². The van der Waals surface area contributed by atoms with Gasteiger partial charge in [-0.15, -0.1) is 5.10 Å². The van der Waals surface area contributed by atoms with Crippen LogP contribution in [0.4, 0.5) is 0 Å². The number of nitrogens with one attached hydrogen (secondary N) is 1. The third-order valence-electron chi connectivity index (χ3n) is 3.42. The maximum Gasteiger partial charge on any atom is 0.243 e. The van der Waals surface area contributed by atoms with Gasteiger partial charge in [-0.25, -0.2) is 5.43 Å². The summed E-state index contributed by atoms with van der Waals surface area (Å²) >= 11 is 1.58. The van der Waals surface area contributed by atoms with Gasteiger partial charge in [-0.1, -0.05) is 30.4 Å². The number of rotatable bonds is 2. The number of hydrogen-bond donors (Lipinski definition) is 1. The van der Waals surface area contributed by atoms with Crippen LogP contribution in [-0.4, -0.2) is 10.5 Å². The molecule has 1 amide bonds. The Kier molecular flexibility index (Phi) is 2.70. The van der Waals surface area contributed by atoms with Crippen LogP contribution in [0.2, 0.25) is 0 Å². The third-order valence-corrected chi connectivity index (χ3v) is 4.54. The van der Waals surface area contributed by atoms with E-state index in [1.807, 2.05) is 23.7 Å². The Morgan fingerprint density at radius 1 is 1.50 bits per heavy atom. The zero-order chi connectivity index (χ0) is 12.7. The fourth-order valence-electron chi connectivity index (χ4n) is 2.06. The highest BCUT2D eigenvalue weighted by molar-refractivity contribution is 7.16. The highest BCUT2D eigenvalue weighted by atomic mass is 32.1. The van der Waals surface area contributed by atoms with E-state index in [1.54, 1.807) is 11.3 Å². The summed E-state index contributed by atoms with van der Waals surface area (Å²) in [6, 6.07) is 8.12. The molecule has 2 aromatic rings. The van der Waals surface area contributed by atoms with Crippen molar-refractivity contribution in [1.82, 2.24) is 9.99 Å². The summed E-state index contributed by atoms with van der Waals surface area (Å²) in [5.74, 6) is 0.713. The lowest BCUT2D eigenvalue weighted by atomic mass is 10.3. The molecule has 94 valence electrons. The van der Waals surface area contributed by atoms with Gasteiger partial charge < -0.3 is 4.57 Å². The summed E-state index contributed by atoms with van der Waals surface area (Å²) in [6.45, 7) is 2.09. The van der Waals surface area contributed by atoms with Crippen LogP contribution in [-0.2, 0) is 11.8 Å². The van der Waals surface area contributed by atoms with Crippen LogP contribution in [0.1, 0.15) is 13.3 Å². The average Bonchev–Trinajstić information content (AvgIpc) is 3.02. The SMILES string of the molecule is CC1CC1C(=O)N/N=c1/sc2ccccc2n1C. The lowest BCUT2D eigenvalue weighted by Crippen LogP contribution is -2.24. The number of hydrogen-bond acceptors (Lipinski definition) is 3. The zero-order valence-corrected chi connectivity index (χ0v) is 11.2. The molecule has 1 fully saturated rings. The number of thiazole rings is 1. The molecule has 1 aliphatic carbocycles. The third kappa shape index (κ3) is 1.95. The van der Waals surface area contributed by atoms with Gasteiger partial charge in [-0.2, -0.15) is 0 Å². The van der Waals surface area contributed by atoms with E-state index in [0.29, 0.717) is 5.92 Å². The predicted octanol–water partition coefficient (Wildman–Crippen LogP) is 1.83. The van der Waals surface area contributed by atoms with Crippen molar-refractivity contribution < 1.29 is 4.79 Å². The van der Waals surface area contributed by atoms with Crippen LogP contribution in [0.15, 0.2) is 29.4 Å². The van der Waals surface area contributed by atoms with Gasteiger partial charge in [0.25, 0.3) is 0 Å². The van der Waals surface area contributed by atoms with Gasteiger partial charge in [0.15, 0.2) is 0 Å². The second kappa shape index (κ2) is 4.24. The van der Waals surface area contributed by atoms with Crippen molar-refractivity contribution in [1.29, 1.82) is 0 Å². The Morgan fingerprint density at radius 2 is 2.22 bits per heavy atom. The number of carbonyl (C=O) groups is 1. The lowest BCUT2D eigenvalue weighted by Gasteiger charge is -1.97. The molecule has 0 spiro atoms. The molecule has 0 bridgehead atoms. The van der Waals surface area contributed by atoms with Crippen LogP contribution in [0.25, 0.3) is 10.2 Å². The maximum atomic E-state index is 11.7.